The predicted octanol–water partition coefficient (Wildman–Crippen LogP) is 1.79. The van der Waals surface area contributed by atoms with Crippen LogP contribution in [-0.4, -0.2) is 62.7 Å². The van der Waals surface area contributed by atoms with Crippen molar-refractivity contribution >= 4 is 0 Å². The van der Waals surface area contributed by atoms with Gasteiger partial charge < -0.3 is 15.1 Å². The largest absolute Gasteiger partial charge is 0.315 e. The zero-order valence-electron chi connectivity index (χ0n) is 12.5. The molecule has 2 aliphatic rings. The van der Waals surface area contributed by atoms with E-state index in [1.54, 1.807) is 0 Å². The Kier molecular flexibility index (Phi) is 5.05. The monoisotopic (exact) mass is 253 g/mol. The first-order chi connectivity index (χ1) is 8.62. The van der Waals surface area contributed by atoms with Crippen molar-refractivity contribution in [2.45, 2.75) is 44.1 Å². The van der Waals surface area contributed by atoms with Crippen molar-refractivity contribution in [3.8, 4) is 0 Å². The molecule has 1 aliphatic heterocycles. The molecule has 2 rings (SSSR count). The van der Waals surface area contributed by atoms with E-state index in [9.17, 15) is 0 Å². The summed E-state index contributed by atoms with van der Waals surface area (Å²) in [7, 11) is 6.74. The summed E-state index contributed by atoms with van der Waals surface area (Å²) < 4.78 is 0. The second kappa shape index (κ2) is 6.36. The summed E-state index contributed by atoms with van der Waals surface area (Å²) in [5, 5.41) is 3.77. The number of piperidine rings is 1. The molecule has 1 N–H and O–H groups in total. The Labute approximate surface area is 113 Å². The van der Waals surface area contributed by atoms with E-state index in [2.05, 4.69) is 36.3 Å². The maximum Gasteiger partial charge on any atom is 0.0327 e. The Bertz CT molecular complexity index is 238. The summed E-state index contributed by atoms with van der Waals surface area (Å²) in [5.74, 6) is 0.904. The minimum absolute atomic E-state index is 0.450. The van der Waals surface area contributed by atoms with Gasteiger partial charge in [-0.25, -0.2) is 0 Å². The van der Waals surface area contributed by atoms with Gasteiger partial charge in [0.2, 0.25) is 0 Å². The number of hydrogen-bond donors (Lipinski definition) is 1. The standard InChI is InChI=1S/C15H31N3/c1-17(2)15(8-4-5-9-15)13-16-12-14-6-10-18(3)11-7-14/h14,16H,4-13H2,1-3H3. The van der Waals surface area contributed by atoms with Crippen molar-refractivity contribution < 1.29 is 0 Å². The van der Waals surface area contributed by atoms with Gasteiger partial charge in [0.25, 0.3) is 0 Å². The van der Waals surface area contributed by atoms with Gasteiger partial charge in [0.05, 0.1) is 0 Å². The molecule has 0 unspecified atom stereocenters. The van der Waals surface area contributed by atoms with Gasteiger partial charge in [0.15, 0.2) is 0 Å². The summed E-state index contributed by atoms with van der Waals surface area (Å²) in [6.07, 6.45) is 8.32. The lowest BCUT2D eigenvalue weighted by atomic mass is 9.94. The molecule has 1 saturated heterocycles. The zero-order valence-corrected chi connectivity index (χ0v) is 12.5. The molecule has 3 heteroatoms. The van der Waals surface area contributed by atoms with Gasteiger partial charge in [0.1, 0.15) is 0 Å². The van der Waals surface area contributed by atoms with Gasteiger partial charge in [-0.2, -0.15) is 0 Å². The summed E-state index contributed by atoms with van der Waals surface area (Å²) in [6.45, 7) is 4.98. The maximum atomic E-state index is 3.77. The molecule has 0 radical (unpaired) electrons. The maximum absolute atomic E-state index is 3.77. The number of nitrogens with zero attached hydrogens (tertiary/aromatic N) is 2. The Balaban J connectivity index is 1.70. The van der Waals surface area contributed by atoms with Gasteiger partial charge >= 0.3 is 0 Å². The molecule has 1 heterocycles. The number of likely N-dealkylation sites (tertiary alicyclic amines) is 1. The molecule has 2 fully saturated rings. The Morgan fingerprint density at radius 2 is 1.78 bits per heavy atom. The first-order valence-corrected chi connectivity index (χ1v) is 7.69. The van der Waals surface area contributed by atoms with E-state index in [0.717, 1.165) is 5.92 Å². The van der Waals surface area contributed by atoms with Crippen molar-refractivity contribution in [3.05, 3.63) is 0 Å². The lowest BCUT2D eigenvalue weighted by Gasteiger charge is -2.37. The van der Waals surface area contributed by atoms with Crippen LogP contribution in [0.25, 0.3) is 0 Å². The highest BCUT2D eigenvalue weighted by Gasteiger charge is 2.35. The molecule has 0 amide bonds. The summed E-state index contributed by atoms with van der Waals surface area (Å²) in [5.41, 5.74) is 0.450. The molecule has 106 valence electrons. The molecule has 3 nitrogen and oxygen atoms in total. The number of nitrogens with one attached hydrogen (secondary N) is 1. The first-order valence-electron chi connectivity index (χ1n) is 7.69. The summed E-state index contributed by atoms with van der Waals surface area (Å²) in [6, 6.07) is 0. The van der Waals surface area contributed by atoms with Crippen LogP contribution < -0.4 is 5.32 Å². The normalized spacial score (nSPS) is 26.0. The average Bonchev–Trinajstić information content (AvgIpc) is 2.82. The predicted molar refractivity (Wildman–Crippen MR) is 78.0 cm³/mol. The fraction of sp³-hybridized carbons (Fsp3) is 1.00. The highest BCUT2D eigenvalue weighted by molar-refractivity contribution is 4.94. The Morgan fingerprint density at radius 1 is 1.17 bits per heavy atom. The van der Waals surface area contributed by atoms with Crippen LogP contribution in [0.4, 0.5) is 0 Å². The molecule has 0 aromatic carbocycles. The molecule has 0 atom stereocenters. The SMILES string of the molecule is CN1CCC(CNCC2(N(C)C)CCCC2)CC1. The number of likely N-dealkylation sites (N-methyl/N-ethyl adjacent to an activating group) is 1. The molecule has 0 aromatic heterocycles. The third kappa shape index (κ3) is 3.46. The number of hydrogen-bond acceptors (Lipinski definition) is 3. The summed E-state index contributed by atoms with van der Waals surface area (Å²) in [4.78, 5) is 4.91. The fourth-order valence-electron chi connectivity index (χ4n) is 3.59. The molecule has 0 bridgehead atoms. The quantitative estimate of drug-likeness (QED) is 0.806. The Hall–Kier alpha value is -0.120. The fourth-order valence-corrected chi connectivity index (χ4v) is 3.59. The van der Waals surface area contributed by atoms with Gasteiger partial charge in [-0.15, -0.1) is 0 Å². The third-order valence-corrected chi connectivity index (χ3v) is 5.21. The highest BCUT2D eigenvalue weighted by atomic mass is 15.2. The van der Waals surface area contributed by atoms with Gasteiger partial charge in [-0.1, -0.05) is 12.8 Å². The molecular formula is C15H31N3. The second-order valence-electron chi connectivity index (χ2n) is 6.70. The zero-order chi connectivity index (χ0) is 13.0. The minimum Gasteiger partial charge on any atom is -0.315 e. The van der Waals surface area contributed by atoms with Crippen molar-refractivity contribution in [1.82, 2.24) is 15.1 Å². The van der Waals surface area contributed by atoms with Crippen LogP contribution in [0.5, 0.6) is 0 Å². The van der Waals surface area contributed by atoms with E-state index >= 15 is 0 Å². The van der Waals surface area contributed by atoms with E-state index in [1.165, 1.54) is 64.7 Å². The van der Waals surface area contributed by atoms with Crippen LogP contribution in [-0.2, 0) is 0 Å². The molecule has 18 heavy (non-hydrogen) atoms. The van der Waals surface area contributed by atoms with Crippen LogP contribution in [0.2, 0.25) is 0 Å². The van der Waals surface area contributed by atoms with Crippen LogP contribution in [0.15, 0.2) is 0 Å². The molecule has 1 aliphatic carbocycles. The van der Waals surface area contributed by atoms with Gasteiger partial charge in [-0.3, -0.25) is 0 Å². The topological polar surface area (TPSA) is 18.5 Å². The molecule has 0 aromatic rings. The third-order valence-electron chi connectivity index (χ3n) is 5.21. The Morgan fingerprint density at radius 3 is 2.33 bits per heavy atom. The smallest absolute Gasteiger partial charge is 0.0327 e. The lowest BCUT2D eigenvalue weighted by molar-refractivity contribution is 0.147. The number of rotatable bonds is 5. The second-order valence-corrected chi connectivity index (χ2v) is 6.70. The van der Waals surface area contributed by atoms with E-state index in [0.29, 0.717) is 5.54 Å². The van der Waals surface area contributed by atoms with E-state index in [1.807, 2.05) is 0 Å². The molecular weight excluding hydrogens is 222 g/mol. The van der Waals surface area contributed by atoms with E-state index < -0.39 is 0 Å². The van der Waals surface area contributed by atoms with E-state index in [-0.39, 0.29) is 0 Å². The van der Waals surface area contributed by atoms with Gasteiger partial charge in [0, 0.05) is 12.1 Å². The van der Waals surface area contributed by atoms with Crippen molar-refractivity contribution in [2.24, 2.45) is 5.92 Å². The average molecular weight is 253 g/mol. The van der Waals surface area contributed by atoms with Crippen molar-refractivity contribution in [2.75, 3.05) is 47.3 Å². The van der Waals surface area contributed by atoms with Crippen molar-refractivity contribution in [3.63, 3.8) is 0 Å². The summed E-state index contributed by atoms with van der Waals surface area (Å²) >= 11 is 0. The van der Waals surface area contributed by atoms with Crippen molar-refractivity contribution in [1.29, 1.82) is 0 Å². The van der Waals surface area contributed by atoms with Gasteiger partial charge in [-0.05, 0) is 72.4 Å². The van der Waals surface area contributed by atoms with Crippen LogP contribution in [0.1, 0.15) is 38.5 Å². The van der Waals surface area contributed by atoms with Crippen LogP contribution in [0.3, 0.4) is 0 Å². The highest BCUT2D eigenvalue weighted by Crippen LogP contribution is 2.33. The molecule has 0 spiro atoms. The van der Waals surface area contributed by atoms with Crippen LogP contribution >= 0.6 is 0 Å². The molecule has 1 saturated carbocycles. The van der Waals surface area contributed by atoms with Crippen LogP contribution in [0, 0.1) is 5.92 Å². The first kappa shape index (κ1) is 14.3. The van der Waals surface area contributed by atoms with E-state index in [4.69, 9.17) is 0 Å². The minimum atomic E-state index is 0.450. The lowest BCUT2D eigenvalue weighted by Crippen LogP contribution is -2.50.